The number of hydrogen-bond acceptors (Lipinski definition) is 6. The average Bonchev–Trinajstić information content (AvgIpc) is 3.27. The number of rotatable bonds is 6. The summed E-state index contributed by atoms with van der Waals surface area (Å²) in [6.45, 7) is 0. The van der Waals surface area contributed by atoms with Gasteiger partial charge in [-0.1, -0.05) is 36.4 Å². The third-order valence-corrected chi connectivity index (χ3v) is 4.83. The van der Waals surface area contributed by atoms with E-state index in [1.54, 1.807) is 0 Å². The summed E-state index contributed by atoms with van der Waals surface area (Å²) < 4.78 is 11.2. The van der Waals surface area contributed by atoms with Crippen LogP contribution in [0.1, 0.15) is 29.9 Å². The summed E-state index contributed by atoms with van der Waals surface area (Å²) in [6.07, 6.45) is 3.50. The molecule has 4 rings (SSSR count). The van der Waals surface area contributed by atoms with Crippen molar-refractivity contribution in [3.8, 4) is 5.75 Å². The fourth-order valence-electron chi connectivity index (χ4n) is 3.51. The quantitative estimate of drug-likeness (QED) is 0.684. The summed E-state index contributed by atoms with van der Waals surface area (Å²) in [5.41, 5.74) is 1.03. The van der Waals surface area contributed by atoms with Gasteiger partial charge in [0, 0.05) is 11.7 Å². The maximum Gasteiger partial charge on any atom is 0.309 e. The summed E-state index contributed by atoms with van der Waals surface area (Å²) in [5.74, 6) is 0.485. The summed E-state index contributed by atoms with van der Waals surface area (Å²) in [4.78, 5) is 12.3. The molecule has 1 fully saturated rings. The molecule has 1 amide bonds. The molecule has 7 nitrogen and oxygen atoms in total. The van der Waals surface area contributed by atoms with E-state index in [4.69, 9.17) is 9.15 Å². The molecule has 2 N–H and O–H groups in total. The molecule has 3 unspecified atom stereocenters. The van der Waals surface area contributed by atoms with E-state index in [-0.39, 0.29) is 30.0 Å². The van der Waals surface area contributed by atoms with Gasteiger partial charge in [-0.15, -0.1) is 10.2 Å². The molecule has 0 aliphatic heterocycles. The summed E-state index contributed by atoms with van der Waals surface area (Å²) in [6, 6.07) is 19.9. The maximum atomic E-state index is 12.3. The SMILES string of the molecule is O=C(NC1CCC(Oc2ccccc2)C(Nc2ccccc2)C1)c1nnco1. The fraction of sp³-hybridized carbons (Fsp3) is 0.286. The standard InChI is InChI=1S/C21H22N4O3/c26-20(21-25-22-14-27-21)24-16-11-12-19(28-17-9-5-2-6-10-17)18(13-16)23-15-7-3-1-4-8-15/h1-10,14,16,18-19,23H,11-13H2,(H,24,26). The lowest BCUT2D eigenvalue weighted by atomic mass is 9.88. The highest BCUT2D eigenvalue weighted by Gasteiger charge is 2.33. The lowest BCUT2D eigenvalue weighted by Crippen LogP contribution is -2.49. The molecule has 2 aromatic carbocycles. The number of anilines is 1. The molecule has 1 aromatic heterocycles. The summed E-state index contributed by atoms with van der Waals surface area (Å²) in [5, 5.41) is 13.8. The largest absolute Gasteiger partial charge is 0.488 e. The van der Waals surface area contributed by atoms with Crippen molar-refractivity contribution in [3.63, 3.8) is 0 Å². The molecule has 144 valence electrons. The Kier molecular flexibility index (Phi) is 5.51. The van der Waals surface area contributed by atoms with E-state index in [2.05, 4.69) is 20.8 Å². The fourth-order valence-corrected chi connectivity index (χ4v) is 3.51. The normalized spacial score (nSPS) is 21.6. The second-order valence-corrected chi connectivity index (χ2v) is 6.81. The lowest BCUT2D eigenvalue weighted by molar-refractivity contribution is 0.0846. The molecule has 7 heteroatoms. The van der Waals surface area contributed by atoms with E-state index in [9.17, 15) is 4.79 Å². The van der Waals surface area contributed by atoms with Crippen molar-refractivity contribution in [2.75, 3.05) is 5.32 Å². The zero-order valence-electron chi connectivity index (χ0n) is 15.3. The van der Waals surface area contributed by atoms with Gasteiger partial charge in [-0.2, -0.15) is 0 Å². The van der Waals surface area contributed by atoms with Gasteiger partial charge in [0.05, 0.1) is 6.04 Å². The molecule has 0 spiro atoms. The van der Waals surface area contributed by atoms with Gasteiger partial charge in [-0.3, -0.25) is 4.79 Å². The van der Waals surface area contributed by atoms with Gasteiger partial charge in [0.15, 0.2) is 0 Å². The second kappa shape index (κ2) is 8.56. The molecule has 0 bridgehead atoms. The molecule has 1 saturated carbocycles. The van der Waals surface area contributed by atoms with Crippen molar-refractivity contribution in [2.24, 2.45) is 0 Å². The van der Waals surface area contributed by atoms with Gasteiger partial charge < -0.3 is 19.8 Å². The van der Waals surface area contributed by atoms with Gasteiger partial charge in [0.2, 0.25) is 6.39 Å². The summed E-state index contributed by atoms with van der Waals surface area (Å²) in [7, 11) is 0. The van der Waals surface area contributed by atoms with Crippen molar-refractivity contribution in [1.29, 1.82) is 0 Å². The van der Waals surface area contributed by atoms with Crippen molar-refractivity contribution in [3.05, 3.63) is 72.9 Å². The van der Waals surface area contributed by atoms with E-state index in [0.717, 1.165) is 37.1 Å². The zero-order chi connectivity index (χ0) is 19.2. The lowest BCUT2D eigenvalue weighted by Gasteiger charge is -2.37. The van der Waals surface area contributed by atoms with E-state index >= 15 is 0 Å². The molecule has 0 saturated heterocycles. The van der Waals surface area contributed by atoms with Crippen molar-refractivity contribution in [2.45, 2.75) is 37.5 Å². The van der Waals surface area contributed by atoms with Crippen LogP contribution in [-0.2, 0) is 0 Å². The van der Waals surface area contributed by atoms with Crippen LogP contribution in [0.5, 0.6) is 5.75 Å². The highest BCUT2D eigenvalue weighted by atomic mass is 16.5. The minimum atomic E-state index is -0.344. The topological polar surface area (TPSA) is 89.3 Å². The van der Waals surface area contributed by atoms with E-state index in [0.29, 0.717) is 0 Å². The smallest absolute Gasteiger partial charge is 0.309 e. The number of carbonyl (C=O) groups excluding carboxylic acids is 1. The van der Waals surface area contributed by atoms with Crippen LogP contribution in [0.2, 0.25) is 0 Å². The van der Waals surface area contributed by atoms with Crippen molar-refractivity contribution >= 4 is 11.6 Å². The van der Waals surface area contributed by atoms with Gasteiger partial charge in [0.25, 0.3) is 0 Å². The number of nitrogens with one attached hydrogen (secondary N) is 2. The number of amides is 1. The monoisotopic (exact) mass is 378 g/mol. The Labute approximate surface area is 163 Å². The van der Waals surface area contributed by atoms with Crippen LogP contribution in [0, 0.1) is 0 Å². The maximum absolute atomic E-state index is 12.3. The second-order valence-electron chi connectivity index (χ2n) is 6.81. The molecule has 3 atom stereocenters. The molecule has 1 heterocycles. The number of hydrogen-bond donors (Lipinski definition) is 2. The van der Waals surface area contributed by atoms with Crippen LogP contribution >= 0.6 is 0 Å². The Morgan fingerprint density at radius 3 is 2.50 bits per heavy atom. The molecule has 1 aliphatic rings. The highest BCUT2D eigenvalue weighted by molar-refractivity contribution is 5.89. The molecule has 0 radical (unpaired) electrons. The van der Waals surface area contributed by atoms with Crippen LogP contribution in [0.3, 0.4) is 0 Å². The number of aromatic nitrogens is 2. The van der Waals surface area contributed by atoms with E-state index in [1.165, 1.54) is 0 Å². The van der Waals surface area contributed by atoms with Crippen LogP contribution < -0.4 is 15.4 Å². The first-order valence-electron chi connectivity index (χ1n) is 9.38. The zero-order valence-corrected chi connectivity index (χ0v) is 15.3. The van der Waals surface area contributed by atoms with Crippen LogP contribution in [-0.4, -0.2) is 34.3 Å². The van der Waals surface area contributed by atoms with Gasteiger partial charge in [-0.25, -0.2) is 0 Å². The first-order chi connectivity index (χ1) is 13.8. The van der Waals surface area contributed by atoms with Crippen LogP contribution in [0.15, 0.2) is 71.5 Å². The Bertz CT molecular complexity index is 871. The minimum Gasteiger partial charge on any atom is -0.488 e. The Balaban J connectivity index is 1.45. The third kappa shape index (κ3) is 4.49. The molecular formula is C21H22N4O3. The molecule has 1 aliphatic carbocycles. The molecular weight excluding hydrogens is 356 g/mol. The average molecular weight is 378 g/mol. The number of para-hydroxylation sites is 2. The first-order valence-corrected chi connectivity index (χ1v) is 9.38. The number of carbonyl (C=O) groups is 1. The van der Waals surface area contributed by atoms with Gasteiger partial charge >= 0.3 is 11.8 Å². The first kappa shape index (κ1) is 18.0. The van der Waals surface area contributed by atoms with Gasteiger partial charge in [-0.05, 0) is 43.5 Å². The van der Waals surface area contributed by atoms with Crippen molar-refractivity contribution in [1.82, 2.24) is 15.5 Å². The van der Waals surface area contributed by atoms with Crippen LogP contribution in [0.25, 0.3) is 0 Å². The van der Waals surface area contributed by atoms with Gasteiger partial charge in [0.1, 0.15) is 11.9 Å². The third-order valence-electron chi connectivity index (χ3n) is 4.83. The summed E-state index contributed by atoms with van der Waals surface area (Å²) >= 11 is 0. The highest BCUT2D eigenvalue weighted by Crippen LogP contribution is 2.27. The molecule has 28 heavy (non-hydrogen) atoms. The number of ether oxygens (including phenoxy) is 1. The van der Waals surface area contributed by atoms with Crippen molar-refractivity contribution < 1.29 is 13.9 Å². The van der Waals surface area contributed by atoms with Crippen LogP contribution in [0.4, 0.5) is 5.69 Å². The number of benzene rings is 2. The Morgan fingerprint density at radius 2 is 1.79 bits per heavy atom. The minimum absolute atomic E-state index is 0.000775. The Morgan fingerprint density at radius 1 is 1.04 bits per heavy atom. The number of nitrogens with zero attached hydrogens (tertiary/aromatic N) is 2. The van der Waals surface area contributed by atoms with E-state index < -0.39 is 0 Å². The predicted molar refractivity (Wildman–Crippen MR) is 104 cm³/mol. The van der Waals surface area contributed by atoms with E-state index in [1.807, 2.05) is 60.7 Å². The predicted octanol–water partition coefficient (Wildman–Crippen LogP) is 3.28. The Hall–Kier alpha value is -3.35. The molecule has 3 aromatic rings.